The second-order valence-corrected chi connectivity index (χ2v) is 6.64. The van der Waals surface area contributed by atoms with Crippen molar-refractivity contribution in [3.63, 3.8) is 0 Å². The fraction of sp³-hybridized carbons (Fsp3) is 0.867. The van der Waals surface area contributed by atoms with Crippen molar-refractivity contribution in [3.8, 4) is 0 Å². The lowest BCUT2D eigenvalue weighted by Crippen LogP contribution is -2.33. The van der Waals surface area contributed by atoms with Crippen LogP contribution in [-0.2, 0) is 14.3 Å². The van der Waals surface area contributed by atoms with Gasteiger partial charge in [0.2, 0.25) is 0 Å². The Bertz CT molecular complexity index is 304. The van der Waals surface area contributed by atoms with E-state index in [1.54, 1.807) is 0 Å². The van der Waals surface area contributed by atoms with Crippen LogP contribution in [0.25, 0.3) is 0 Å². The zero-order valence-electron chi connectivity index (χ0n) is 12.3. The third kappa shape index (κ3) is 4.43. The number of carbonyl (C=O) groups excluding carboxylic acids is 2. The summed E-state index contributed by atoms with van der Waals surface area (Å²) >= 11 is 0. The monoisotopic (exact) mass is 254 g/mol. The SMILES string of the molecule is CC(C)C(=O)[C@H]1CC[C@@H](C(=O)OC(C)(C)C)CC1. The lowest BCUT2D eigenvalue weighted by Gasteiger charge is -2.29. The van der Waals surface area contributed by atoms with Crippen molar-refractivity contribution in [2.24, 2.45) is 17.8 Å². The molecule has 0 aromatic heterocycles. The normalized spacial score (nSPS) is 25.0. The number of hydrogen-bond donors (Lipinski definition) is 0. The van der Waals surface area contributed by atoms with Crippen LogP contribution in [0, 0.1) is 17.8 Å². The van der Waals surface area contributed by atoms with Crippen molar-refractivity contribution in [2.75, 3.05) is 0 Å². The molecule has 0 heterocycles. The molecule has 0 atom stereocenters. The minimum atomic E-state index is -0.415. The van der Waals surface area contributed by atoms with Crippen LogP contribution in [0.1, 0.15) is 60.3 Å². The van der Waals surface area contributed by atoms with Gasteiger partial charge in [0.1, 0.15) is 11.4 Å². The van der Waals surface area contributed by atoms with E-state index in [-0.39, 0.29) is 23.7 Å². The Morgan fingerprint density at radius 1 is 1.00 bits per heavy atom. The number of Topliss-reactive ketones (excluding diaryl/α,β-unsaturated/α-hetero) is 1. The Morgan fingerprint density at radius 3 is 1.83 bits per heavy atom. The number of ether oxygens (including phenoxy) is 1. The van der Waals surface area contributed by atoms with E-state index in [1.807, 2.05) is 34.6 Å². The molecule has 0 bridgehead atoms. The number of esters is 1. The van der Waals surface area contributed by atoms with Gasteiger partial charge < -0.3 is 4.74 Å². The number of rotatable bonds is 3. The molecule has 0 N–H and O–H groups in total. The van der Waals surface area contributed by atoms with Gasteiger partial charge in [-0.3, -0.25) is 9.59 Å². The summed E-state index contributed by atoms with van der Waals surface area (Å²) in [7, 11) is 0. The van der Waals surface area contributed by atoms with Gasteiger partial charge in [-0.1, -0.05) is 13.8 Å². The molecule has 18 heavy (non-hydrogen) atoms. The largest absolute Gasteiger partial charge is 0.460 e. The van der Waals surface area contributed by atoms with Gasteiger partial charge in [0.15, 0.2) is 0 Å². The van der Waals surface area contributed by atoms with Crippen LogP contribution in [-0.4, -0.2) is 17.4 Å². The minimum Gasteiger partial charge on any atom is -0.460 e. The van der Waals surface area contributed by atoms with E-state index in [2.05, 4.69) is 0 Å². The lowest BCUT2D eigenvalue weighted by atomic mass is 9.78. The summed E-state index contributed by atoms with van der Waals surface area (Å²) in [5.41, 5.74) is -0.415. The quantitative estimate of drug-likeness (QED) is 0.725. The second kappa shape index (κ2) is 5.85. The number of hydrogen-bond acceptors (Lipinski definition) is 3. The van der Waals surface area contributed by atoms with Gasteiger partial charge in [0.05, 0.1) is 5.92 Å². The smallest absolute Gasteiger partial charge is 0.309 e. The first-order valence-corrected chi connectivity index (χ1v) is 6.97. The van der Waals surface area contributed by atoms with Gasteiger partial charge in [-0.15, -0.1) is 0 Å². The highest BCUT2D eigenvalue weighted by atomic mass is 16.6. The molecule has 1 rings (SSSR count). The number of ketones is 1. The Labute approximate surface area is 110 Å². The molecule has 0 saturated heterocycles. The molecule has 0 unspecified atom stereocenters. The molecule has 0 radical (unpaired) electrons. The van der Waals surface area contributed by atoms with Gasteiger partial charge in [0, 0.05) is 11.8 Å². The molecule has 0 aromatic carbocycles. The molecule has 1 saturated carbocycles. The van der Waals surface area contributed by atoms with Crippen molar-refractivity contribution >= 4 is 11.8 Å². The molecule has 1 aliphatic rings. The van der Waals surface area contributed by atoms with Gasteiger partial charge >= 0.3 is 5.97 Å². The predicted molar refractivity (Wildman–Crippen MR) is 71.1 cm³/mol. The number of carbonyl (C=O) groups is 2. The first-order valence-electron chi connectivity index (χ1n) is 6.97. The summed E-state index contributed by atoms with van der Waals surface area (Å²) in [6.45, 7) is 9.56. The first-order chi connectivity index (χ1) is 8.20. The topological polar surface area (TPSA) is 43.4 Å². The predicted octanol–water partition coefficient (Wildman–Crippen LogP) is 3.36. The molecular formula is C15H26O3. The van der Waals surface area contributed by atoms with Crippen LogP contribution in [0.15, 0.2) is 0 Å². The van der Waals surface area contributed by atoms with Crippen LogP contribution < -0.4 is 0 Å². The fourth-order valence-electron chi connectivity index (χ4n) is 2.47. The van der Waals surface area contributed by atoms with E-state index in [0.29, 0.717) is 5.78 Å². The fourth-order valence-corrected chi connectivity index (χ4v) is 2.47. The average molecular weight is 254 g/mol. The molecule has 0 amide bonds. The lowest BCUT2D eigenvalue weighted by molar-refractivity contribution is -0.161. The van der Waals surface area contributed by atoms with Crippen molar-refractivity contribution in [1.29, 1.82) is 0 Å². The van der Waals surface area contributed by atoms with Crippen LogP contribution in [0.4, 0.5) is 0 Å². The maximum Gasteiger partial charge on any atom is 0.309 e. The second-order valence-electron chi connectivity index (χ2n) is 6.64. The van der Waals surface area contributed by atoms with Gasteiger partial charge in [0.25, 0.3) is 0 Å². The highest BCUT2D eigenvalue weighted by Crippen LogP contribution is 2.32. The van der Waals surface area contributed by atoms with E-state index in [9.17, 15) is 9.59 Å². The van der Waals surface area contributed by atoms with Crippen LogP contribution in [0.5, 0.6) is 0 Å². The standard InChI is InChI=1S/C15H26O3/c1-10(2)13(16)11-6-8-12(9-7-11)14(17)18-15(3,4)5/h10-12H,6-9H2,1-5H3/t11-,12+. The van der Waals surface area contributed by atoms with E-state index in [4.69, 9.17) is 4.74 Å². The molecule has 0 aliphatic heterocycles. The summed E-state index contributed by atoms with van der Waals surface area (Å²) in [5, 5.41) is 0. The maximum atomic E-state index is 11.9. The average Bonchev–Trinajstić information content (AvgIpc) is 2.26. The molecule has 3 nitrogen and oxygen atoms in total. The minimum absolute atomic E-state index is 0.0135. The summed E-state index contributed by atoms with van der Waals surface area (Å²) in [6, 6.07) is 0. The van der Waals surface area contributed by atoms with E-state index < -0.39 is 5.60 Å². The summed E-state index contributed by atoms with van der Waals surface area (Å²) in [4.78, 5) is 23.8. The molecular weight excluding hydrogens is 228 g/mol. The maximum absolute atomic E-state index is 11.9. The highest BCUT2D eigenvalue weighted by Gasteiger charge is 2.32. The van der Waals surface area contributed by atoms with Crippen LogP contribution in [0.3, 0.4) is 0 Å². The van der Waals surface area contributed by atoms with Gasteiger partial charge in [-0.25, -0.2) is 0 Å². The van der Waals surface area contributed by atoms with E-state index in [1.165, 1.54) is 0 Å². The van der Waals surface area contributed by atoms with Gasteiger partial charge in [-0.05, 0) is 46.5 Å². The Hall–Kier alpha value is -0.860. The molecule has 104 valence electrons. The third-order valence-electron chi connectivity index (χ3n) is 3.44. The zero-order chi connectivity index (χ0) is 13.9. The van der Waals surface area contributed by atoms with Crippen molar-refractivity contribution in [3.05, 3.63) is 0 Å². The van der Waals surface area contributed by atoms with Crippen molar-refractivity contribution < 1.29 is 14.3 Å². The molecule has 0 aromatic rings. The summed E-state index contributed by atoms with van der Waals surface area (Å²) in [6.07, 6.45) is 3.25. The zero-order valence-corrected chi connectivity index (χ0v) is 12.3. The molecule has 1 aliphatic carbocycles. The molecule has 3 heteroatoms. The highest BCUT2D eigenvalue weighted by molar-refractivity contribution is 5.83. The van der Waals surface area contributed by atoms with E-state index >= 15 is 0 Å². The van der Waals surface area contributed by atoms with E-state index in [0.717, 1.165) is 25.7 Å². The third-order valence-corrected chi connectivity index (χ3v) is 3.44. The van der Waals surface area contributed by atoms with Gasteiger partial charge in [-0.2, -0.15) is 0 Å². The first kappa shape index (κ1) is 15.2. The van der Waals surface area contributed by atoms with Crippen molar-refractivity contribution in [2.45, 2.75) is 65.9 Å². The Kier molecular flexibility index (Phi) is 4.94. The Morgan fingerprint density at radius 2 is 1.44 bits per heavy atom. The van der Waals surface area contributed by atoms with Crippen LogP contribution >= 0.6 is 0 Å². The van der Waals surface area contributed by atoms with Crippen LogP contribution in [0.2, 0.25) is 0 Å². The molecule has 1 fully saturated rings. The summed E-state index contributed by atoms with van der Waals surface area (Å²) in [5.74, 6) is 0.493. The Balaban J connectivity index is 2.44. The molecule has 0 spiro atoms. The van der Waals surface area contributed by atoms with Crippen molar-refractivity contribution in [1.82, 2.24) is 0 Å². The summed E-state index contributed by atoms with van der Waals surface area (Å²) < 4.78 is 5.40.